The van der Waals surface area contributed by atoms with E-state index in [-0.39, 0.29) is 0 Å². The first-order valence-corrected chi connectivity index (χ1v) is 14.3. The van der Waals surface area contributed by atoms with Crippen LogP contribution in [0.25, 0.3) is 46.4 Å². The second-order valence-corrected chi connectivity index (χ2v) is 11.0. The summed E-state index contributed by atoms with van der Waals surface area (Å²) in [7, 11) is 0. The summed E-state index contributed by atoms with van der Waals surface area (Å²) in [6, 6.07) is 8.88. The Morgan fingerprint density at radius 2 is 0.568 bits per heavy atom. The molecule has 4 aromatic rings. The van der Waals surface area contributed by atoms with Crippen molar-refractivity contribution in [2.24, 2.45) is 0 Å². The molecule has 0 bridgehead atoms. The smallest absolute Gasteiger partial charge is 0.0896 e. The van der Waals surface area contributed by atoms with Crippen LogP contribution in [0.15, 0.2) is 24.3 Å². The van der Waals surface area contributed by atoms with Gasteiger partial charge in [-0.1, -0.05) is 56.4 Å². The van der Waals surface area contributed by atoms with Crippen LogP contribution in [0, 0.1) is 0 Å². The molecule has 0 N–H and O–H groups in total. The summed E-state index contributed by atoms with van der Waals surface area (Å²) >= 11 is 0. The molecule has 2 aromatic heterocycles. The van der Waals surface area contributed by atoms with E-state index in [4.69, 9.17) is 19.9 Å². The average molecular weight is 487 g/mol. The molecular formula is C33H34N4. The number of nitrogens with zero attached hydrogens (tertiary/aromatic N) is 4. The van der Waals surface area contributed by atoms with E-state index in [2.05, 4.69) is 48.6 Å². The maximum Gasteiger partial charge on any atom is 0.0896 e. The van der Waals surface area contributed by atoms with Gasteiger partial charge in [0.15, 0.2) is 0 Å². The average Bonchev–Trinajstić information content (AvgIpc) is 3.00. The Labute approximate surface area is 219 Å². The molecule has 3 aliphatic rings. The van der Waals surface area contributed by atoms with Crippen LogP contribution in [0.2, 0.25) is 0 Å². The Hall–Kier alpha value is -3.40. The topological polar surface area (TPSA) is 51.6 Å². The van der Waals surface area contributed by atoms with Crippen molar-refractivity contribution in [2.75, 3.05) is 0 Å². The number of aromatic nitrogens is 4. The minimum absolute atomic E-state index is 1.01. The van der Waals surface area contributed by atoms with Crippen LogP contribution in [0.5, 0.6) is 0 Å². The zero-order chi connectivity index (χ0) is 24.6. The molecule has 3 aliphatic carbocycles. The molecule has 37 heavy (non-hydrogen) atoms. The minimum Gasteiger partial charge on any atom is -0.249 e. The summed E-state index contributed by atoms with van der Waals surface area (Å²) < 4.78 is 0. The first-order valence-electron chi connectivity index (χ1n) is 14.3. The second-order valence-electron chi connectivity index (χ2n) is 11.0. The lowest BCUT2D eigenvalue weighted by molar-refractivity contribution is 0.602. The highest BCUT2D eigenvalue weighted by atomic mass is 14.8. The summed E-state index contributed by atoms with van der Waals surface area (Å²) in [5.74, 6) is 0. The maximum absolute atomic E-state index is 5.12. The molecule has 0 amide bonds. The normalized spacial score (nSPS) is 19.5. The van der Waals surface area contributed by atoms with E-state index in [1.165, 1.54) is 103 Å². The molecule has 0 saturated heterocycles. The van der Waals surface area contributed by atoms with Gasteiger partial charge in [0.05, 0.1) is 44.8 Å². The van der Waals surface area contributed by atoms with Gasteiger partial charge in [-0.25, -0.2) is 19.9 Å². The SMILES string of the molecule is C1=C\c2cc3nc4c(nc3cc2/C=C\c2cc3nc5c(nc3cc2/1)CCCCCCC5)CCCCCC4. The van der Waals surface area contributed by atoms with Gasteiger partial charge in [0, 0.05) is 0 Å². The molecule has 0 unspecified atom stereocenters. The Morgan fingerprint density at radius 3 is 0.838 bits per heavy atom. The van der Waals surface area contributed by atoms with E-state index < -0.39 is 0 Å². The molecule has 2 heterocycles. The molecule has 0 radical (unpaired) electrons. The first kappa shape index (κ1) is 22.8. The predicted molar refractivity (Wildman–Crippen MR) is 153 cm³/mol. The molecule has 4 heteroatoms. The number of aryl methyl sites for hydroxylation is 4. The quantitative estimate of drug-likeness (QED) is 0.223. The fourth-order valence-electron chi connectivity index (χ4n) is 6.21. The van der Waals surface area contributed by atoms with Gasteiger partial charge in [-0.15, -0.1) is 0 Å². The third kappa shape index (κ3) is 4.58. The highest BCUT2D eigenvalue weighted by Gasteiger charge is 2.15. The van der Waals surface area contributed by atoms with E-state index in [1.54, 1.807) is 0 Å². The van der Waals surface area contributed by atoms with Gasteiger partial charge in [0.25, 0.3) is 0 Å². The van der Waals surface area contributed by atoms with Gasteiger partial charge in [0.2, 0.25) is 0 Å². The number of rotatable bonds is 0. The number of benzene rings is 2. The third-order valence-corrected chi connectivity index (χ3v) is 8.34. The molecule has 0 spiro atoms. The van der Waals surface area contributed by atoms with E-state index in [0.717, 1.165) is 47.8 Å². The summed E-state index contributed by atoms with van der Waals surface area (Å²) in [6.07, 6.45) is 24.6. The molecule has 2 aromatic carbocycles. The van der Waals surface area contributed by atoms with Crippen molar-refractivity contribution in [3.05, 3.63) is 69.3 Å². The number of hydrogen-bond acceptors (Lipinski definition) is 4. The van der Waals surface area contributed by atoms with Gasteiger partial charge < -0.3 is 0 Å². The molecule has 0 saturated carbocycles. The van der Waals surface area contributed by atoms with E-state index >= 15 is 0 Å². The van der Waals surface area contributed by atoms with Gasteiger partial charge in [-0.3, -0.25) is 0 Å². The zero-order valence-electron chi connectivity index (χ0n) is 21.6. The summed E-state index contributed by atoms with van der Waals surface area (Å²) in [4.78, 5) is 20.4. The van der Waals surface area contributed by atoms with E-state index in [0.29, 0.717) is 0 Å². The van der Waals surface area contributed by atoms with E-state index in [9.17, 15) is 0 Å². The van der Waals surface area contributed by atoms with Crippen molar-refractivity contribution >= 4 is 46.4 Å². The molecule has 7 rings (SSSR count). The van der Waals surface area contributed by atoms with Crippen molar-refractivity contribution in [3.8, 4) is 0 Å². The predicted octanol–water partition coefficient (Wildman–Crippen LogP) is 7.94. The fraction of sp³-hybridized carbons (Fsp3) is 0.394. The minimum atomic E-state index is 1.01. The van der Waals surface area contributed by atoms with Crippen LogP contribution in [-0.2, 0) is 25.7 Å². The van der Waals surface area contributed by atoms with Crippen LogP contribution < -0.4 is 0 Å². The third-order valence-electron chi connectivity index (χ3n) is 8.34. The molecule has 186 valence electrons. The molecule has 0 aliphatic heterocycles. The fourth-order valence-corrected chi connectivity index (χ4v) is 6.21. The molecule has 0 fully saturated rings. The lowest BCUT2D eigenvalue weighted by atomic mass is 9.96. The Kier molecular flexibility index (Phi) is 6.04. The Bertz CT molecular complexity index is 1450. The lowest BCUT2D eigenvalue weighted by Gasteiger charge is -2.15. The molecule has 4 nitrogen and oxygen atoms in total. The highest BCUT2D eigenvalue weighted by Crippen LogP contribution is 2.30. The van der Waals surface area contributed by atoms with Crippen LogP contribution >= 0.6 is 0 Å². The van der Waals surface area contributed by atoms with Crippen molar-refractivity contribution in [3.63, 3.8) is 0 Å². The van der Waals surface area contributed by atoms with Crippen molar-refractivity contribution in [2.45, 2.75) is 83.5 Å². The van der Waals surface area contributed by atoms with Crippen molar-refractivity contribution in [1.29, 1.82) is 0 Å². The molecule has 0 atom stereocenters. The van der Waals surface area contributed by atoms with Crippen molar-refractivity contribution < 1.29 is 0 Å². The van der Waals surface area contributed by atoms with Gasteiger partial charge in [-0.05, 0) is 97.9 Å². The zero-order valence-corrected chi connectivity index (χ0v) is 21.6. The van der Waals surface area contributed by atoms with Crippen LogP contribution in [0.3, 0.4) is 0 Å². The first-order chi connectivity index (χ1) is 18.3. The van der Waals surface area contributed by atoms with Gasteiger partial charge >= 0.3 is 0 Å². The van der Waals surface area contributed by atoms with E-state index in [1.807, 2.05) is 0 Å². The summed E-state index contributed by atoms with van der Waals surface area (Å²) in [6.45, 7) is 0. The van der Waals surface area contributed by atoms with Crippen molar-refractivity contribution in [1.82, 2.24) is 19.9 Å². The van der Waals surface area contributed by atoms with Crippen LogP contribution in [0.4, 0.5) is 0 Å². The lowest BCUT2D eigenvalue weighted by Crippen LogP contribution is -2.06. The second kappa shape index (κ2) is 9.81. The van der Waals surface area contributed by atoms with Gasteiger partial charge in [-0.2, -0.15) is 0 Å². The van der Waals surface area contributed by atoms with Gasteiger partial charge in [0.1, 0.15) is 0 Å². The number of hydrogen-bond donors (Lipinski definition) is 0. The number of fused-ring (bicyclic) bond motifs is 6. The van der Waals surface area contributed by atoms with Crippen LogP contribution in [-0.4, -0.2) is 19.9 Å². The highest BCUT2D eigenvalue weighted by molar-refractivity contribution is 5.94. The Morgan fingerprint density at radius 1 is 0.324 bits per heavy atom. The maximum atomic E-state index is 5.12. The Balaban J connectivity index is 1.29. The standard InChI is InChI=1S/C33H34N4/c1-2-6-10-26-27(11-7-3-1)35-31-19-23-15-17-25-21-33-32(20-24(25)16-14-22(23)18-30(31)34-26)36-28-12-8-4-5-9-13-29(28)37-33/h14-21H,1-13H2/b16-14-,17-15-,22-14?,23-15?,24-16?,25-17?. The summed E-state index contributed by atoms with van der Waals surface area (Å²) in [5, 5.41) is 0. The molecular weight excluding hydrogens is 452 g/mol. The largest absolute Gasteiger partial charge is 0.249 e. The monoisotopic (exact) mass is 486 g/mol. The summed E-state index contributed by atoms with van der Waals surface area (Å²) in [5.41, 5.74) is 13.6. The van der Waals surface area contributed by atoms with Crippen LogP contribution in [0.1, 0.15) is 103 Å².